The Morgan fingerprint density at radius 3 is 2.25 bits per heavy atom. The Labute approximate surface area is 104 Å². The molecule has 0 amide bonds. The van der Waals surface area contributed by atoms with Crippen LogP contribution in [0.1, 0.15) is 46.5 Å². The molecule has 0 rings (SSSR count). The van der Waals surface area contributed by atoms with Crippen LogP contribution in [0.2, 0.25) is 0 Å². The Kier molecular flexibility index (Phi) is 8.42. The summed E-state index contributed by atoms with van der Waals surface area (Å²) in [5, 5.41) is 0. The first kappa shape index (κ1) is 16.2. The molecule has 0 aromatic rings. The lowest BCUT2D eigenvalue weighted by Crippen LogP contribution is -2.12. The molecular formula is C11H23ClO3S. The highest BCUT2D eigenvalue weighted by atomic mass is 35.7. The molecule has 0 N–H and O–H groups in total. The number of hydrogen-bond donors (Lipinski definition) is 0. The van der Waals surface area contributed by atoms with Crippen LogP contribution < -0.4 is 0 Å². The number of hydrogen-bond acceptors (Lipinski definition) is 3. The third kappa shape index (κ3) is 12.3. The molecular weight excluding hydrogens is 248 g/mol. The minimum atomic E-state index is -3.31. The molecule has 0 aliphatic rings. The van der Waals surface area contributed by atoms with Gasteiger partial charge in [-0.3, -0.25) is 0 Å². The molecule has 0 bridgehead atoms. The first-order chi connectivity index (χ1) is 7.31. The van der Waals surface area contributed by atoms with Crippen molar-refractivity contribution in [2.24, 2.45) is 5.92 Å². The van der Waals surface area contributed by atoms with Gasteiger partial charge in [0.05, 0.1) is 11.9 Å². The molecule has 1 atom stereocenters. The van der Waals surface area contributed by atoms with E-state index in [9.17, 15) is 8.42 Å². The minimum absolute atomic E-state index is 0.0656. The van der Waals surface area contributed by atoms with Gasteiger partial charge in [0.1, 0.15) is 0 Å². The van der Waals surface area contributed by atoms with E-state index in [-0.39, 0.29) is 11.9 Å². The second kappa shape index (κ2) is 8.31. The van der Waals surface area contributed by atoms with Crippen LogP contribution in [0.5, 0.6) is 0 Å². The quantitative estimate of drug-likeness (QED) is 0.477. The van der Waals surface area contributed by atoms with Crippen LogP contribution in [0.3, 0.4) is 0 Å². The van der Waals surface area contributed by atoms with E-state index in [4.69, 9.17) is 15.4 Å². The van der Waals surface area contributed by atoms with Crippen molar-refractivity contribution < 1.29 is 13.2 Å². The van der Waals surface area contributed by atoms with Crippen LogP contribution in [0.4, 0.5) is 0 Å². The van der Waals surface area contributed by atoms with Crippen LogP contribution in [0.25, 0.3) is 0 Å². The highest BCUT2D eigenvalue weighted by Crippen LogP contribution is 2.09. The van der Waals surface area contributed by atoms with Crippen molar-refractivity contribution in [3.63, 3.8) is 0 Å². The third-order valence-electron chi connectivity index (χ3n) is 2.24. The maximum atomic E-state index is 10.6. The highest BCUT2D eigenvalue weighted by Gasteiger charge is 2.06. The van der Waals surface area contributed by atoms with Crippen molar-refractivity contribution in [3.8, 4) is 0 Å². The standard InChI is InChI=1S/C11H23ClO3S/c1-10(2)9-11(3)15-7-5-4-6-8-16(12,13)14/h10-11H,4-9H2,1-3H3. The molecule has 0 aromatic carbocycles. The average Bonchev–Trinajstić information content (AvgIpc) is 2.07. The maximum Gasteiger partial charge on any atom is 0.232 e. The molecule has 0 aliphatic heterocycles. The van der Waals surface area contributed by atoms with E-state index in [1.807, 2.05) is 0 Å². The summed E-state index contributed by atoms with van der Waals surface area (Å²) in [4.78, 5) is 0. The van der Waals surface area contributed by atoms with E-state index in [2.05, 4.69) is 20.8 Å². The number of unbranched alkanes of at least 4 members (excludes halogenated alkanes) is 2. The molecule has 0 saturated heterocycles. The molecule has 3 nitrogen and oxygen atoms in total. The van der Waals surface area contributed by atoms with Gasteiger partial charge in [-0.1, -0.05) is 20.3 Å². The van der Waals surface area contributed by atoms with Crippen LogP contribution in [0.15, 0.2) is 0 Å². The summed E-state index contributed by atoms with van der Waals surface area (Å²) >= 11 is 0. The SMILES string of the molecule is CC(C)CC(C)OCCCCCS(=O)(=O)Cl. The second-order valence-corrected chi connectivity index (χ2v) is 7.51. The smallest absolute Gasteiger partial charge is 0.232 e. The van der Waals surface area contributed by atoms with Crippen molar-refractivity contribution in [1.82, 2.24) is 0 Å². The molecule has 0 radical (unpaired) electrons. The van der Waals surface area contributed by atoms with Crippen LogP contribution in [-0.4, -0.2) is 26.9 Å². The predicted molar refractivity (Wildman–Crippen MR) is 68.4 cm³/mol. The van der Waals surface area contributed by atoms with Gasteiger partial charge in [0.2, 0.25) is 9.05 Å². The molecule has 0 saturated carbocycles. The molecule has 1 unspecified atom stereocenters. The molecule has 0 fully saturated rings. The monoisotopic (exact) mass is 270 g/mol. The minimum Gasteiger partial charge on any atom is -0.379 e. The van der Waals surface area contributed by atoms with Crippen LogP contribution in [0, 0.1) is 5.92 Å². The van der Waals surface area contributed by atoms with Crippen molar-refractivity contribution in [3.05, 3.63) is 0 Å². The summed E-state index contributed by atoms with van der Waals surface area (Å²) in [7, 11) is 1.78. The fourth-order valence-corrected chi connectivity index (χ4v) is 2.45. The van der Waals surface area contributed by atoms with Gasteiger partial charge in [0.15, 0.2) is 0 Å². The van der Waals surface area contributed by atoms with Gasteiger partial charge in [-0.05, 0) is 32.1 Å². The Balaban J connectivity index is 3.34. The predicted octanol–water partition coefficient (Wildman–Crippen LogP) is 3.18. The molecule has 0 aromatic heterocycles. The number of halogens is 1. The zero-order valence-electron chi connectivity index (χ0n) is 10.4. The highest BCUT2D eigenvalue weighted by molar-refractivity contribution is 8.13. The van der Waals surface area contributed by atoms with Gasteiger partial charge in [-0.15, -0.1) is 0 Å². The lowest BCUT2D eigenvalue weighted by atomic mass is 10.1. The largest absolute Gasteiger partial charge is 0.379 e. The molecule has 5 heteroatoms. The maximum absolute atomic E-state index is 10.6. The van der Waals surface area contributed by atoms with Gasteiger partial charge in [0, 0.05) is 17.3 Å². The van der Waals surface area contributed by atoms with E-state index in [0.717, 1.165) is 19.3 Å². The molecule has 16 heavy (non-hydrogen) atoms. The van der Waals surface area contributed by atoms with E-state index in [1.54, 1.807) is 0 Å². The number of rotatable bonds is 9. The van der Waals surface area contributed by atoms with E-state index >= 15 is 0 Å². The third-order valence-corrected chi connectivity index (χ3v) is 3.48. The fourth-order valence-electron chi connectivity index (χ4n) is 1.57. The second-order valence-electron chi connectivity index (χ2n) is 4.61. The first-order valence-electron chi connectivity index (χ1n) is 5.85. The zero-order chi connectivity index (χ0) is 12.6. The first-order valence-corrected chi connectivity index (χ1v) is 8.33. The van der Waals surface area contributed by atoms with Gasteiger partial charge in [0.25, 0.3) is 0 Å². The van der Waals surface area contributed by atoms with Gasteiger partial charge < -0.3 is 4.74 Å². The summed E-state index contributed by atoms with van der Waals surface area (Å²) in [5.74, 6) is 0.715. The van der Waals surface area contributed by atoms with Gasteiger partial charge in [-0.2, -0.15) is 0 Å². The molecule has 0 spiro atoms. The Morgan fingerprint density at radius 2 is 1.75 bits per heavy atom. The molecule has 98 valence electrons. The van der Waals surface area contributed by atoms with Crippen molar-refractivity contribution in [1.29, 1.82) is 0 Å². The van der Waals surface area contributed by atoms with E-state index < -0.39 is 9.05 Å². The van der Waals surface area contributed by atoms with Crippen molar-refractivity contribution in [2.75, 3.05) is 12.4 Å². The normalized spacial score (nSPS) is 14.3. The zero-order valence-corrected chi connectivity index (χ0v) is 12.0. The lowest BCUT2D eigenvalue weighted by molar-refractivity contribution is 0.0496. The summed E-state index contributed by atoms with van der Waals surface area (Å²) in [5.41, 5.74) is 0. The van der Waals surface area contributed by atoms with Crippen molar-refractivity contribution >= 4 is 19.7 Å². The Morgan fingerprint density at radius 1 is 1.12 bits per heavy atom. The van der Waals surface area contributed by atoms with Crippen LogP contribution in [-0.2, 0) is 13.8 Å². The van der Waals surface area contributed by atoms with Crippen LogP contribution >= 0.6 is 10.7 Å². The van der Waals surface area contributed by atoms with E-state index in [1.165, 1.54) is 0 Å². The topological polar surface area (TPSA) is 43.4 Å². The Bertz CT molecular complexity index is 262. The van der Waals surface area contributed by atoms with E-state index in [0.29, 0.717) is 18.9 Å². The van der Waals surface area contributed by atoms with Gasteiger partial charge in [-0.25, -0.2) is 8.42 Å². The average molecular weight is 271 g/mol. The molecule has 0 aliphatic carbocycles. The summed E-state index contributed by atoms with van der Waals surface area (Å²) in [6.45, 7) is 7.12. The number of ether oxygens (including phenoxy) is 1. The Hall–Kier alpha value is 0.200. The van der Waals surface area contributed by atoms with Crippen molar-refractivity contribution in [2.45, 2.75) is 52.6 Å². The van der Waals surface area contributed by atoms with Gasteiger partial charge >= 0.3 is 0 Å². The fraction of sp³-hybridized carbons (Fsp3) is 1.00. The molecule has 0 heterocycles. The summed E-state index contributed by atoms with van der Waals surface area (Å²) in [6, 6.07) is 0. The summed E-state index contributed by atoms with van der Waals surface area (Å²) in [6.07, 6.45) is 3.72. The summed E-state index contributed by atoms with van der Waals surface area (Å²) < 4.78 is 26.9. The lowest BCUT2D eigenvalue weighted by Gasteiger charge is -2.14.